The molecule has 1 saturated heterocycles. The number of hydrogen-bond donors (Lipinski definition) is 2. The predicted molar refractivity (Wildman–Crippen MR) is 74.8 cm³/mol. The van der Waals surface area contributed by atoms with E-state index in [1.807, 2.05) is 11.9 Å². The van der Waals surface area contributed by atoms with Crippen LogP contribution in [0.1, 0.15) is 40.0 Å². The van der Waals surface area contributed by atoms with Crippen LogP contribution >= 0.6 is 0 Å². The summed E-state index contributed by atoms with van der Waals surface area (Å²) >= 11 is 0. The molecule has 1 heterocycles. The Hall–Kier alpha value is -1.43. The molecule has 0 bridgehead atoms. The molecular formula is C13H24N4O2. The van der Waals surface area contributed by atoms with Crippen LogP contribution in [-0.4, -0.2) is 47.7 Å². The van der Waals surface area contributed by atoms with E-state index >= 15 is 0 Å². The van der Waals surface area contributed by atoms with Gasteiger partial charge in [0.1, 0.15) is 5.54 Å². The number of rotatable bonds is 3. The number of nitrogens with one attached hydrogen (secondary N) is 1. The Morgan fingerprint density at radius 3 is 2.53 bits per heavy atom. The van der Waals surface area contributed by atoms with Gasteiger partial charge in [0.25, 0.3) is 5.91 Å². The number of nitrogens with zero attached hydrogens (tertiary/aromatic N) is 2. The summed E-state index contributed by atoms with van der Waals surface area (Å²) in [4.78, 5) is 29.8. The Balaban J connectivity index is 2.69. The Labute approximate surface area is 114 Å². The standard InChI is InChI=1S/C13H24N4O2/c1-9(14)15-12(19)13(2,3)16-11(18)10-7-5-6-8-17(10)4/h10H,5-8H2,1-4H3,(H,16,18)(H2,14,15,19). The van der Waals surface area contributed by atoms with Crippen molar-refractivity contribution in [3.63, 3.8) is 0 Å². The van der Waals surface area contributed by atoms with Crippen LogP contribution < -0.4 is 11.1 Å². The summed E-state index contributed by atoms with van der Waals surface area (Å²) in [6, 6.07) is -0.163. The summed E-state index contributed by atoms with van der Waals surface area (Å²) in [7, 11) is 1.93. The first kappa shape index (κ1) is 15.6. The number of hydrogen-bond acceptors (Lipinski definition) is 3. The van der Waals surface area contributed by atoms with Crippen LogP contribution in [0.5, 0.6) is 0 Å². The minimum Gasteiger partial charge on any atom is -0.387 e. The molecule has 1 aliphatic rings. The molecule has 3 N–H and O–H groups in total. The molecule has 1 unspecified atom stereocenters. The van der Waals surface area contributed by atoms with Gasteiger partial charge < -0.3 is 11.1 Å². The number of carbonyl (C=O) groups excluding carboxylic acids is 2. The van der Waals surface area contributed by atoms with Gasteiger partial charge in [-0.15, -0.1) is 0 Å². The fourth-order valence-corrected chi connectivity index (χ4v) is 2.15. The van der Waals surface area contributed by atoms with Gasteiger partial charge in [-0.2, -0.15) is 4.99 Å². The summed E-state index contributed by atoms with van der Waals surface area (Å²) in [5, 5.41) is 2.77. The number of carbonyl (C=O) groups is 2. The topological polar surface area (TPSA) is 87.8 Å². The van der Waals surface area contributed by atoms with E-state index in [0.717, 1.165) is 25.8 Å². The molecule has 0 aromatic rings. The molecular weight excluding hydrogens is 244 g/mol. The van der Waals surface area contributed by atoms with Gasteiger partial charge in [-0.25, -0.2) is 0 Å². The number of nitrogens with two attached hydrogens (primary N) is 1. The lowest BCUT2D eigenvalue weighted by atomic mass is 9.99. The lowest BCUT2D eigenvalue weighted by molar-refractivity contribution is -0.133. The number of aliphatic imine (C=N–C) groups is 1. The molecule has 108 valence electrons. The molecule has 2 amide bonds. The lowest BCUT2D eigenvalue weighted by Gasteiger charge is -2.33. The molecule has 0 aliphatic carbocycles. The average Bonchev–Trinajstić information content (AvgIpc) is 2.27. The van der Waals surface area contributed by atoms with Crippen LogP contribution in [0, 0.1) is 0 Å². The highest BCUT2D eigenvalue weighted by molar-refractivity contribution is 5.99. The van der Waals surface area contributed by atoms with Gasteiger partial charge in [0.2, 0.25) is 5.91 Å². The third-order valence-electron chi connectivity index (χ3n) is 3.32. The van der Waals surface area contributed by atoms with Crippen molar-refractivity contribution in [1.82, 2.24) is 10.2 Å². The Morgan fingerprint density at radius 2 is 2.00 bits per heavy atom. The first-order valence-corrected chi connectivity index (χ1v) is 6.61. The molecule has 0 saturated carbocycles. The number of amidine groups is 1. The highest BCUT2D eigenvalue weighted by Gasteiger charge is 2.34. The van der Waals surface area contributed by atoms with Crippen molar-refractivity contribution in [2.24, 2.45) is 10.7 Å². The zero-order valence-corrected chi connectivity index (χ0v) is 12.2. The SMILES string of the molecule is CC(N)=NC(=O)C(C)(C)NC(=O)C1CCCCN1C. The quantitative estimate of drug-likeness (QED) is 0.568. The maximum Gasteiger partial charge on any atom is 0.272 e. The maximum absolute atomic E-state index is 12.2. The van der Waals surface area contributed by atoms with Crippen molar-refractivity contribution in [2.75, 3.05) is 13.6 Å². The third kappa shape index (κ3) is 4.31. The van der Waals surface area contributed by atoms with Crippen molar-refractivity contribution in [2.45, 2.75) is 51.6 Å². The number of likely N-dealkylation sites (N-methyl/N-ethyl adjacent to an activating group) is 1. The molecule has 1 fully saturated rings. The van der Waals surface area contributed by atoms with Gasteiger partial charge in [0.15, 0.2) is 0 Å². The second kappa shape index (κ2) is 6.14. The summed E-state index contributed by atoms with van der Waals surface area (Å²) < 4.78 is 0. The van der Waals surface area contributed by atoms with Crippen LogP contribution in [0.2, 0.25) is 0 Å². The van der Waals surface area contributed by atoms with E-state index in [2.05, 4.69) is 10.3 Å². The fraction of sp³-hybridized carbons (Fsp3) is 0.769. The number of piperidine rings is 1. The van der Waals surface area contributed by atoms with Crippen molar-refractivity contribution in [3.8, 4) is 0 Å². The van der Waals surface area contributed by atoms with Gasteiger partial charge >= 0.3 is 0 Å². The molecule has 6 nitrogen and oxygen atoms in total. The molecule has 1 atom stereocenters. The van der Waals surface area contributed by atoms with Gasteiger partial charge in [-0.3, -0.25) is 14.5 Å². The van der Waals surface area contributed by atoms with Crippen LogP contribution in [-0.2, 0) is 9.59 Å². The Bertz CT molecular complexity index is 386. The van der Waals surface area contributed by atoms with Gasteiger partial charge in [-0.05, 0) is 47.2 Å². The van der Waals surface area contributed by atoms with Crippen LogP contribution in [0.4, 0.5) is 0 Å². The zero-order chi connectivity index (χ0) is 14.6. The minimum atomic E-state index is -1.03. The van der Waals surface area contributed by atoms with Crippen molar-refractivity contribution >= 4 is 17.6 Å². The average molecular weight is 268 g/mol. The second-order valence-electron chi connectivity index (χ2n) is 5.66. The second-order valence-corrected chi connectivity index (χ2v) is 5.66. The minimum absolute atomic E-state index is 0.120. The molecule has 0 aromatic heterocycles. The normalized spacial score (nSPS) is 22.1. The van der Waals surface area contributed by atoms with Gasteiger partial charge in [0.05, 0.1) is 11.9 Å². The van der Waals surface area contributed by atoms with E-state index in [0.29, 0.717) is 0 Å². The summed E-state index contributed by atoms with van der Waals surface area (Å²) in [5.41, 5.74) is 4.36. The van der Waals surface area contributed by atoms with Crippen LogP contribution in [0.3, 0.4) is 0 Å². The maximum atomic E-state index is 12.2. The molecule has 1 aliphatic heterocycles. The van der Waals surface area contributed by atoms with Crippen LogP contribution in [0.25, 0.3) is 0 Å². The summed E-state index contributed by atoms with van der Waals surface area (Å²) in [5.74, 6) is -0.355. The molecule has 0 radical (unpaired) electrons. The first-order valence-electron chi connectivity index (χ1n) is 6.61. The fourth-order valence-electron chi connectivity index (χ4n) is 2.15. The largest absolute Gasteiger partial charge is 0.387 e. The van der Waals surface area contributed by atoms with E-state index in [1.54, 1.807) is 20.8 Å². The van der Waals surface area contributed by atoms with Crippen LogP contribution in [0.15, 0.2) is 4.99 Å². The van der Waals surface area contributed by atoms with E-state index in [1.165, 1.54) is 0 Å². The highest BCUT2D eigenvalue weighted by atomic mass is 16.2. The monoisotopic (exact) mass is 268 g/mol. The van der Waals surface area contributed by atoms with Crippen molar-refractivity contribution in [1.29, 1.82) is 0 Å². The molecule has 1 rings (SSSR count). The van der Waals surface area contributed by atoms with E-state index in [9.17, 15) is 9.59 Å². The lowest BCUT2D eigenvalue weighted by Crippen LogP contribution is -2.56. The summed E-state index contributed by atoms with van der Waals surface area (Å²) in [6.07, 6.45) is 2.97. The molecule has 19 heavy (non-hydrogen) atoms. The highest BCUT2D eigenvalue weighted by Crippen LogP contribution is 2.16. The van der Waals surface area contributed by atoms with E-state index < -0.39 is 11.4 Å². The van der Waals surface area contributed by atoms with E-state index in [-0.39, 0.29) is 17.8 Å². The number of amides is 2. The smallest absolute Gasteiger partial charge is 0.272 e. The van der Waals surface area contributed by atoms with Gasteiger partial charge in [-0.1, -0.05) is 6.42 Å². The Morgan fingerprint density at radius 1 is 1.37 bits per heavy atom. The molecule has 6 heteroatoms. The zero-order valence-electron chi connectivity index (χ0n) is 12.2. The summed E-state index contributed by atoms with van der Waals surface area (Å²) in [6.45, 7) is 5.74. The number of likely N-dealkylation sites (tertiary alicyclic amines) is 1. The van der Waals surface area contributed by atoms with Crippen molar-refractivity contribution in [3.05, 3.63) is 0 Å². The molecule has 0 spiro atoms. The Kier molecular flexibility index (Phi) is 5.05. The van der Waals surface area contributed by atoms with Crippen molar-refractivity contribution < 1.29 is 9.59 Å². The third-order valence-corrected chi connectivity index (χ3v) is 3.32. The molecule has 0 aromatic carbocycles. The predicted octanol–water partition coefficient (Wildman–Crippen LogP) is 0.269. The van der Waals surface area contributed by atoms with Gasteiger partial charge in [0, 0.05) is 0 Å². The van der Waals surface area contributed by atoms with E-state index in [4.69, 9.17) is 5.73 Å². The first-order chi connectivity index (χ1) is 8.74.